The lowest BCUT2D eigenvalue weighted by Gasteiger charge is -2.34. The van der Waals surface area contributed by atoms with Gasteiger partial charge < -0.3 is 10.6 Å². The number of carbonyl (C=O) groups excluding carboxylic acids is 2. The first-order chi connectivity index (χ1) is 13.8. The molecule has 1 aliphatic rings. The van der Waals surface area contributed by atoms with E-state index in [1.165, 1.54) is 11.3 Å². The quantitative estimate of drug-likeness (QED) is 0.782. The van der Waals surface area contributed by atoms with Crippen LogP contribution in [-0.4, -0.2) is 59.9 Å². The molecule has 0 radical (unpaired) electrons. The molecular formula is C22H30N4O2S. The van der Waals surface area contributed by atoms with Crippen LogP contribution in [-0.2, 0) is 4.79 Å². The maximum Gasteiger partial charge on any atom is 0.265 e. The topological polar surface area (TPSA) is 64.7 Å². The Morgan fingerprint density at radius 1 is 0.966 bits per heavy atom. The maximum atomic E-state index is 12.5. The Morgan fingerprint density at radius 2 is 1.66 bits per heavy atom. The fraction of sp³-hybridized carbons (Fsp3) is 0.455. The number of nitrogens with one attached hydrogen (secondary N) is 2. The van der Waals surface area contributed by atoms with E-state index in [0.717, 1.165) is 38.3 Å². The van der Waals surface area contributed by atoms with Gasteiger partial charge >= 0.3 is 0 Å². The van der Waals surface area contributed by atoms with E-state index in [1.807, 2.05) is 23.6 Å². The summed E-state index contributed by atoms with van der Waals surface area (Å²) in [6.45, 7) is 11.0. The molecule has 3 rings (SSSR count). The Hall–Kier alpha value is -2.22. The largest absolute Gasteiger partial charge is 0.325 e. The van der Waals surface area contributed by atoms with Gasteiger partial charge in [-0.2, -0.15) is 0 Å². The standard InChI is InChI=1S/C22H30N4O2S/c1-22(2,3)26-12-5-11-25(13-14-26)16-20(27)23-17-7-9-18(10-8-17)24-21(28)19-6-4-15-29-19/h4,6-10,15H,5,11-14,16H2,1-3H3,(H,23,27)(H,24,28). The molecule has 7 heteroatoms. The lowest BCUT2D eigenvalue weighted by Crippen LogP contribution is -2.44. The van der Waals surface area contributed by atoms with Crippen molar-refractivity contribution in [3.05, 3.63) is 46.7 Å². The van der Waals surface area contributed by atoms with Crippen molar-refractivity contribution in [3.8, 4) is 0 Å². The van der Waals surface area contributed by atoms with E-state index >= 15 is 0 Å². The first kappa shape index (κ1) is 21.5. The van der Waals surface area contributed by atoms with Crippen molar-refractivity contribution in [2.24, 2.45) is 0 Å². The van der Waals surface area contributed by atoms with Crippen molar-refractivity contribution in [2.45, 2.75) is 32.7 Å². The van der Waals surface area contributed by atoms with Gasteiger partial charge in [0.1, 0.15) is 0 Å². The summed E-state index contributed by atoms with van der Waals surface area (Å²) in [6.07, 6.45) is 1.07. The second-order valence-corrected chi connectivity index (χ2v) is 9.29. The molecule has 156 valence electrons. The number of thiophene rings is 1. The summed E-state index contributed by atoms with van der Waals surface area (Å²) in [7, 11) is 0. The highest BCUT2D eigenvalue weighted by molar-refractivity contribution is 7.12. The fourth-order valence-electron chi connectivity index (χ4n) is 3.44. The number of benzene rings is 1. The molecule has 2 heterocycles. The van der Waals surface area contributed by atoms with Crippen LogP contribution in [0.4, 0.5) is 11.4 Å². The van der Waals surface area contributed by atoms with Crippen molar-refractivity contribution in [2.75, 3.05) is 43.4 Å². The summed E-state index contributed by atoms with van der Waals surface area (Å²) in [5.74, 6) is -0.133. The number of amides is 2. The van der Waals surface area contributed by atoms with E-state index in [9.17, 15) is 9.59 Å². The minimum Gasteiger partial charge on any atom is -0.325 e. The average Bonchev–Trinajstić information content (AvgIpc) is 3.09. The monoisotopic (exact) mass is 414 g/mol. The van der Waals surface area contributed by atoms with Crippen LogP contribution >= 0.6 is 11.3 Å². The van der Waals surface area contributed by atoms with Gasteiger partial charge in [-0.15, -0.1) is 11.3 Å². The van der Waals surface area contributed by atoms with E-state index in [4.69, 9.17) is 0 Å². The molecule has 0 bridgehead atoms. The van der Waals surface area contributed by atoms with Gasteiger partial charge in [0.2, 0.25) is 5.91 Å². The molecule has 0 unspecified atom stereocenters. The maximum absolute atomic E-state index is 12.5. The number of rotatable bonds is 5. The van der Waals surface area contributed by atoms with E-state index in [0.29, 0.717) is 17.1 Å². The molecular weight excluding hydrogens is 384 g/mol. The zero-order valence-corrected chi connectivity index (χ0v) is 18.2. The zero-order chi connectivity index (χ0) is 20.9. The highest BCUT2D eigenvalue weighted by atomic mass is 32.1. The highest BCUT2D eigenvalue weighted by Crippen LogP contribution is 2.18. The summed E-state index contributed by atoms with van der Waals surface area (Å²) in [6, 6.07) is 10.9. The average molecular weight is 415 g/mol. The third-order valence-corrected chi connectivity index (χ3v) is 5.94. The third kappa shape index (κ3) is 6.39. The Balaban J connectivity index is 1.47. The Labute approximate surface area is 176 Å². The Kier molecular flexibility index (Phi) is 7.05. The number of anilines is 2. The number of carbonyl (C=O) groups is 2. The van der Waals surface area contributed by atoms with Gasteiger partial charge in [-0.05, 0) is 76.0 Å². The van der Waals surface area contributed by atoms with Gasteiger partial charge in [0, 0.05) is 30.0 Å². The van der Waals surface area contributed by atoms with Crippen LogP contribution in [0.25, 0.3) is 0 Å². The SMILES string of the molecule is CC(C)(C)N1CCCN(CC(=O)Nc2ccc(NC(=O)c3cccs3)cc2)CC1. The molecule has 1 aliphatic heterocycles. The van der Waals surface area contributed by atoms with Crippen LogP contribution in [0.3, 0.4) is 0 Å². The number of hydrogen-bond donors (Lipinski definition) is 2. The van der Waals surface area contributed by atoms with Crippen LogP contribution in [0.5, 0.6) is 0 Å². The molecule has 0 aliphatic carbocycles. The minimum absolute atomic E-state index is 0.00965. The van der Waals surface area contributed by atoms with E-state index < -0.39 is 0 Å². The lowest BCUT2D eigenvalue weighted by molar-refractivity contribution is -0.117. The predicted octanol–water partition coefficient (Wildman–Crippen LogP) is 3.75. The van der Waals surface area contributed by atoms with Crippen molar-refractivity contribution < 1.29 is 9.59 Å². The molecule has 0 saturated carbocycles. The van der Waals surface area contributed by atoms with Gasteiger partial charge in [-0.1, -0.05) is 6.07 Å². The normalized spacial score (nSPS) is 16.2. The Morgan fingerprint density at radius 3 is 2.28 bits per heavy atom. The molecule has 0 spiro atoms. The van der Waals surface area contributed by atoms with Crippen molar-refractivity contribution in [3.63, 3.8) is 0 Å². The van der Waals surface area contributed by atoms with Gasteiger partial charge in [-0.25, -0.2) is 0 Å². The van der Waals surface area contributed by atoms with Crippen LogP contribution in [0.2, 0.25) is 0 Å². The third-order valence-electron chi connectivity index (χ3n) is 5.08. The van der Waals surface area contributed by atoms with Crippen molar-refractivity contribution in [1.82, 2.24) is 9.80 Å². The summed E-state index contributed by atoms with van der Waals surface area (Å²) >= 11 is 1.40. The zero-order valence-electron chi connectivity index (χ0n) is 17.4. The molecule has 1 fully saturated rings. The molecule has 29 heavy (non-hydrogen) atoms. The molecule has 1 aromatic heterocycles. The highest BCUT2D eigenvalue weighted by Gasteiger charge is 2.24. The van der Waals surface area contributed by atoms with Gasteiger partial charge in [0.15, 0.2) is 0 Å². The van der Waals surface area contributed by atoms with Crippen LogP contribution in [0, 0.1) is 0 Å². The molecule has 0 atom stereocenters. The molecule has 6 nitrogen and oxygen atoms in total. The lowest BCUT2D eigenvalue weighted by atomic mass is 10.1. The second kappa shape index (κ2) is 9.52. The van der Waals surface area contributed by atoms with Crippen molar-refractivity contribution >= 4 is 34.5 Å². The predicted molar refractivity (Wildman–Crippen MR) is 120 cm³/mol. The van der Waals surface area contributed by atoms with Gasteiger partial charge in [0.05, 0.1) is 11.4 Å². The van der Waals surface area contributed by atoms with Crippen LogP contribution in [0.1, 0.15) is 36.9 Å². The summed E-state index contributed by atoms with van der Waals surface area (Å²) in [5, 5.41) is 7.69. The van der Waals surface area contributed by atoms with Crippen molar-refractivity contribution in [1.29, 1.82) is 0 Å². The Bertz CT molecular complexity index is 812. The molecule has 1 aromatic carbocycles. The second-order valence-electron chi connectivity index (χ2n) is 8.34. The molecule has 2 amide bonds. The number of nitrogens with zero attached hydrogens (tertiary/aromatic N) is 2. The molecule has 2 N–H and O–H groups in total. The minimum atomic E-state index is -0.123. The number of hydrogen-bond acceptors (Lipinski definition) is 5. The van der Waals surface area contributed by atoms with Gasteiger partial charge in [-0.3, -0.25) is 19.4 Å². The van der Waals surface area contributed by atoms with Crippen LogP contribution < -0.4 is 10.6 Å². The molecule has 1 saturated heterocycles. The molecule has 2 aromatic rings. The smallest absolute Gasteiger partial charge is 0.265 e. The summed E-state index contributed by atoms with van der Waals surface area (Å²) in [5.41, 5.74) is 1.60. The fourth-order valence-corrected chi connectivity index (χ4v) is 4.06. The van der Waals surface area contributed by atoms with E-state index in [2.05, 4.69) is 41.2 Å². The summed E-state index contributed by atoms with van der Waals surface area (Å²) in [4.78, 5) is 29.9. The van der Waals surface area contributed by atoms with E-state index in [1.54, 1.807) is 18.2 Å². The van der Waals surface area contributed by atoms with E-state index in [-0.39, 0.29) is 17.4 Å². The van der Waals surface area contributed by atoms with Crippen LogP contribution in [0.15, 0.2) is 41.8 Å². The first-order valence-electron chi connectivity index (χ1n) is 10.0. The first-order valence-corrected chi connectivity index (χ1v) is 10.9. The van der Waals surface area contributed by atoms with Gasteiger partial charge in [0.25, 0.3) is 5.91 Å². The summed E-state index contributed by atoms with van der Waals surface area (Å²) < 4.78 is 0.